The Balaban J connectivity index is 1.36. The first-order chi connectivity index (χ1) is 15.5. The Morgan fingerprint density at radius 2 is 2.03 bits per heavy atom. The standard InChI is InChI=1S/C26H29ClN2O3/c1-3-4-18(24-14-21(27)7-5-17(24)2)9-11-28-25(30)23-10-12-29(26(23)31)22-8-6-19-15-32-16-20(19)13-22/h4-8,13-14,23H,3,9-12,15-16H2,1-2H3,(H,28,30)/b18-4-. The summed E-state index contributed by atoms with van der Waals surface area (Å²) in [5, 5.41) is 3.68. The number of amides is 2. The molecule has 1 saturated heterocycles. The molecule has 1 N–H and O–H groups in total. The minimum absolute atomic E-state index is 0.128. The van der Waals surface area contributed by atoms with Crippen LogP contribution in [0.4, 0.5) is 5.69 Å². The summed E-state index contributed by atoms with van der Waals surface area (Å²) in [6.45, 7) is 6.39. The van der Waals surface area contributed by atoms with Gasteiger partial charge in [-0.1, -0.05) is 36.7 Å². The third kappa shape index (κ3) is 4.74. The number of halogens is 1. The number of benzene rings is 2. The van der Waals surface area contributed by atoms with Crippen LogP contribution in [-0.4, -0.2) is 24.9 Å². The lowest BCUT2D eigenvalue weighted by Gasteiger charge is -2.18. The Kier molecular flexibility index (Phi) is 6.97. The fourth-order valence-electron chi connectivity index (χ4n) is 4.48. The van der Waals surface area contributed by atoms with Gasteiger partial charge in [-0.15, -0.1) is 0 Å². The van der Waals surface area contributed by atoms with Gasteiger partial charge in [0.2, 0.25) is 11.8 Å². The molecule has 32 heavy (non-hydrogen) atoms. The second-order valence-corrected chi connectivity index (χ2v) is 8.85. The summed E-state index contributed by atoms with van der Waals surface area (Å²) >= 11 is 6.20. The van der Waals surface area contributed by atoms with Gasteiger partial charge < -0.3 is 15.0 Å². The fraction of sp³-hybridized carbons (Fsp3) is 0.385. The van der Waals surface area contributed by atoms with Gasteiger partial charge >= 0.3 is 0 Å². The van der Waals surface area contributed by atoms with Crippen LogP contribution >= 0.6 is 11.6 Å². The van der Waals surface area contributed by atoms with Crippen molar-refractivity contribution in [1.29, 1.82) is 0 Å². The summed E-state index contributed by atoms with van der Waals surface area (Å²) in [6, 6.07) is 11.8. The molecule has 0 radical (unpaired) electrons. The van der Waals surface area contributed by atoms with Gasteiger partial charge in [-0.05, 0) is 78.3 Å². The molecule has 0 aliphatic carbocycles. The van der Waals surface area contributed by atoms with E-state index < -0.39 is 5.92 Å². The molecule has 2 aliphatic heterocycles. The van der Waals surface area contributed by atoms with Crippen molar-refractivity contribution in [3.05, 3.63) is 69.8 Å². The molecule has 4 rings (SSSR count). The van der Waals surface area contributed by atoms with Crippen LogP contribution in [0.2, 0.25) is 5.02 Å². The van der Waals surface area contributed by atoms with Crippen LogP contribution in [0.5, 0.6) is 0 Å². The summed E-state index contributed by atoms with van der Waals surface area (Å²) in [6.07, 6.45) is 4.29. The fourth-order valence-corrected chi connectivity index (χ4v) is 4.65. The zero-order chi connectivity index (χ0) is 22.7. The number of carbonyl (C=O) groups excluding carboxylic acids is 2. The molecule has 2 aromatic carbocycles. The minimum atomic E-state index is -0.633. The zero-order valence-electron chi connectivity index (χ0n) is 18.6. The van der Waals surface area contributed by atoms with E-state index in [0.29, 0.717) is 44.2 Å². The maximum Gasteiger partial charge on any atom is 0.239 e. The molecule has 6 heteroatoms. The molecular formula is C26H29ClN2O3. The average Bonchev–Trinajstić information content (AvgIpc) is 3.40. The van der Waals surface area contributed by atoms with Crippen molar-refractivity contribution in [2.75, 3.05) is 18.0 Å². The van der Waals surface area contributed by atoms with Crippen LogP contribution in [0.1, 0.15) is 48.4 Å². The van der Waals surface area contributed by atoms with Crippen molar-refractivity contribution in [2.45, 2.75) is 46.3 Å². The molecule has 1 atom stereocenters. The highest BCUT2D eigenvalue weighted by molar-refractivity contribution is 6.30. The molecule has 2 amide bonds. The van der Waals surface area contributed by atoms with Crippen molar-refractivity contribution < 1.29 is 14.3 Å². The van der Waals surface area contributed by atoms with E-state index in [9.17, 15) is 9.59 Å². The lowest BCUT2D eigenvalue weighted by molar-refractivity contribution is -0.132. The topological polar surface area (TPSA) is 58.6 Å². The zero-order valence-corrected chi connectivity index (χ0v) is 19.4. The van der Waals surface area contributed by atoms with Gasteiger partial charge in [-0.3, -0.25) is 9.59 Å². The molecule has 2 heterocycles. The van der Waals surface area contributed by atoms with Crippen molar-refractivity contribution in [1.82, 2.24) is 5.32 Å². The summed E-state index contributed by atoms with van der Waals surface area (Å²) in [7, 11) is 0. The maximum absolute atomic E-state index is 13.0. The molecule has 0 saturated carbocycles. The van der Waals surface area contributed by atoms with Crippen LogP contribution in [-0.2, 0) is 27.5 Å². The molecule has 2 aliphatic rings. The number of fused-ring (bicyclic) bond motifs is 1. The Hall–Kier alpha value is -2.63. The van der Waals surface area contributed by atoms with Crippen molar-refractivity contribution in [3.63, 3.8) is 0 Å². The number of aryl methyl sites for hydroxylation is 1. The number of carbonyl (C=O) groups is 2. The number of ether oxygens (including phenoxy) is 1. The molecule has 5 nitrogen and oxygen atoms in total. The first kappa shape index (κ1) is 22.6. The minimum Gasteiger partial charge on any atom is -0.372 e. The van der Waals surface area contributed by atoms with Gasteiger partial charge in [-0.25, -0.2) is 0 Å². The second-order valence-electron chi connectivity index (χ2n) is 8.41. The second kappa shape index (κ2) is 9.88. The monoisotopic (exact) mass is 452 g/mol. The van der Waals surface area contributed by atoms with E-state index >= 15 is 0 Å². The molecule has 1 fully saturated rings. The van der Waals surface area contributed by atoms with Gasteiger partial charge in [0.25, 0.3) is 0 Å². The molecule has 0 spiro atoms. The molecule has 2 aromatic rings. The molecular weight excluding hydrogens is 424 g/mol. The molecule has 0 aromatic heterocycles. The predicted octanol–water partition coefficient (Wildman–Crippen LogP) is 5.03. The van der Waals surface area contributed by atoms with Gasteiger partial charge in [0.1, 0.15) is 5.92 Å². The highest BCUT2D eigenvalue weighted by Gasteiger charge is 2.37. The van der Waals surface area contributed by atoms with Crippen LogP contribution in [0.15, 0.2) is 42.5 Å². The largest absolute Gasteiger partial charge is 0.372 e. The Morgan fingerprint density at radius 3 is 2.84 bits per heavy atom. The van der Waals surface area contributed by atoms with E-state index in [0.717, 1.165) is 34.4 Å². The van der Waals surface area contributed by atoms with E-state index in [2.05, 4.69) is 25.2 Å². The number of rotatable bonds is 7. The van der Waals surface area contributed by atoms with Crippen LogP contribution < -0.4 is 10.2 Å². The van der Waals surface area contributed by atoms with E-state index in [-0.39, 0.29) is 11.8 Å². The Bertz CT molecular complexity index is 1060. The maximum atomic E-state index is 13.0. The van der Waals surface area contributed by atoms with Crippen molar-refractivity contribution in [2.24, 2.45) is 5.92 Å². The summed E-state index contributed by atoms with van der Waals surface area (Å²) < 4.78 is 5.47. The van der Waals surface area contributed by atoms with E-state index in [1.807, 2.05) is 36.4 Å². The van der Waals surface area contributed by atoms with Gasteiger partial charge in [0.05, 0.1) is 13.2 Å². The predicted molar refractivity (Wildman–Crippen MR) is 127 cm³/mol. The van der Waals surface area contributed by atoms with Gasteiger partial charge in [0.15, 0.2) is 0 Å². The lowest BCUT2D eigenvalue weighted by Crippen LogP contribution is -2.37. The number of allylic oxidation sites excluding steroid dienone is 1. The van der Waals surface area contributed by atoms with E-state index in [4.69, 9.17) is 16.3 Å². The SMILES string of the molecule is CC/C=C(/CCNC(=O)C1CCN(c2ccc3c(c2)COC3)C1=O)c1cc(Cl)ccc1C. The molecule has 168 valence electrons. The third-order valence-corrected chi connectivity index (χ3v) is 6.46. The van der Waals surface area contributed by atoms with Crippen LogP contribution in [0, 0.1) is 12.8 Å². The molecule has 1 unspecified atom stereocenters. The van der Waals surface area contributed by atoms with E-state index in [1.54, 1.807) is 4.90 Å². The van der Waals surface area contributed by atoms with Crippen molar-refractivity contribution >= 4 is 34.7 Å². The quantitative estimate of drug-likeness (QED) is 0.599. The highest BCUT2D eigenvalue weighted by Crippen LogP contribution is 2.30. The first-order valence-electron chi connectivity index (χ1n) is 11.2. The highest BCUT2D eigenvalue weighted by atomic mass is 35.5. The van der Waals surface area contributed by atoms with Crippen LogP contribution in [0.3, 0.4) is 0 Å². The number of hydrogen-bond acceptors (Lipinski definition) is 3. The first-order valence-corrected chi connectivity index (χ1v) is 11.6. The number of nitrogens with zero attached hydrogens (tertiary/aromatic N) is 1. The molecule has 0 bridgehead atoms. The van der Waals surface area contributed by atoms with Gasteiger partial charge in [0, 0.05) is 23.8 Å². The normalized spacial score (nSPS) is 18.2. The Labute approximate surface area is 194 Å². The number of hydrogen-bond donors (Lipinski definition) is 1. The smallest absolute Gasteiger partial charge is 0.239 e. The number of nitrogens with one attached hydrogen (secondary N) is 1. The van der Waals surface area contributed by atoms with Crippen LogP contribution in [0.25, 0.3) is 5.57 Å². The third-order valence-electron chi connectivity index (χ3n) is 6.23. The number of anilines is 1. The Morgan fingerprint density at radius 1 is 1.22 bits per heavy atom. The lowest BCUT2D eigenvalue weighted by atomic mass is 9.97. The summed E-state index contributed by atoms with van der Waals surface area (Å²) in [5.74, 6) is -0.956. The van der Waals surface area contributed by atoms with Gasteiger partial charge in [-0.2, -0.15) is 0 Å². The summed E-state index contributed by atoms with van der Waals surface area (Å²) in [5.41, 5.74) is 6.56. The summed E-state index contributed by atoms with van der Waals surface area (Å²) in [4.78, 5) is 27.5. The van der Waals surface area contributed by atoms with E-state index in [1.165, 1.54) is 5.56 Å². The average molecular weight is 453 g/mol. The van der Waals surface area contributed by atoms with Crippen molar-refractivity contribution in [3.8, 4) is 0 Å².